The lowest BCUT2D eigenvalue weighted by Gasteiger charge is -2.14. The van der Waals surface area contributed by atoms with Crippen LogP contribution >= 0.6 is 11.8 Å². The minimum atomic E-state index is -4.55. The molecule has 2 aromatic carbocycles. The van der Waals surface area contributed by atoms with E-state index in [2.05, 4.69) is 20.9 Å². The van der Waals surface area contributed by atoms with Crippen molar-refractivity contribution in [2.24, 2.45) is 0 Å². The quantitative estimate of drug-likeness (QED) is 0.451. The Balaban J connectivity index is 1.66. The molecular formula is C22H19F3N4O3S. The lowest BCUT2D eigenvalue weighted by molar-refractivity contribution is -0.137. The fourth-order valence-electron chi connectivity index (χ4n) is 2.74. The Kier molecular flexibility index (Phi) is 7.44. The van der Waals surface area contributed by atoms with Gasteiger partial charge in [0.25, 0.3) is 5.91 Å². The number of aromatic nitrogens is 1. The maximum Gasteiger partial charge on any atom is 0.416 e. The monoisotopic (exact) mass is 476 g/mol. The molecule has 0 unspecified atom stereocenters. The molecule has 0 fully saturated rings. The molecular weight excluding hydrogens is 457 g/mol. The van der Waals surface area contributed by atoms with Gasteiger partial charge in [-0.15, -0.1) is 0 Å². The number of ether oxygens (including phenoxy) is 1. The van der Waals surface area contributed by atoms with Gasteiger partial charge in [-0.2, -0.15) is 13.2 Å². The second-order valence-corrected chi connectivity index (χ2v) is 7.72. The van der Waals surface area contributed by atoms with Gasteiger partial charge in [0.05, 0.1) is 18.4 Å². The summed E-state index contributed by atoms with van der Waals surface area (Å²) in [5.41, 5.74) is -0.289. The molecule has 3 N–H and O–H groups in total. The van der Waals surface area contributed by atoms with Crippen LogP contribution in [0, 0.1) is 0 Å². The number of nitrogens with zero attached hydrogens (tertiary/aromatic N) is 1. The molecule has 3 aromatic rings. The molecule has 0 bridgehead atoms. The molecule has 0 aliphatic carbocycles. The molecule has 0 radical (unpaired) electrons. The van der Waals surface area contributed by atoms with Crippen molar-refractivity contribution in [3.63, 3.8) is 0 Å². The molecule has 1 aromatic heterocycles. The van der Waals surface area contributed by atoms with Crippen LogP contribution < -0.4 is 20.7 Å². The Morgan fingerprint density at radius 3 is 2.33 bits per heavy atom. The maximum atomic E-state index is 13.0. The van der Waals surface area contributed by atoms with Crippen molar-refractivity contribution < 1.29 is 27.5 Å². The van der Waals surface area contributed by atoms with E-state index in [9.17, 15) is 22.8 Å². The Morgan fingerprint density at radius 1 is 0.970 bits per heavy atom. The summed E-state index contributed by atoms with van der Waals surface area (Å²) >= 11 is 1.40. The summed E-state index contributed by atoms with van der Waals surface area (Å²) in [6.45, 7) is 0. The van der Waals surface area contributed by atoms with Gasteiger partial charge in [0, 0.05) is 28.7 Å². The zero-order chi connectivity index (χ0) is 24.0. The van der Waals surface area contributed by atoms with Gasteiger partial charge in [-0.25, -0.2) is 4.79 Å². The fraction of sp³-hybridized carbons (Fsp3) is 0.136. The SMILES string of the molecule is CNC(=O)c1cc(Sc2ccc(NC(=O)Nc3cc(C(F)(F)F)ccc3OC)cc2)ccn1. The number of carbonyl (C=O) groups is 2. The highest BCUT2D eigenvalue weighted by Gasteiger charge is 2.31. The van der Waals surface area contributed by atoms with Crippen molar-refractivity contribution in [1.82, 2.24) is 10.3 Å². The number of nitrogens with one attached hydrogen (secondary N) is 3. The zero-order valence-electron chi connectivity index (χ0n) is 17.5. The van der Waals surface area contributed by atoms with E-state index in [0.717, 1.165) is 28.0 Å². The fourth-order valence-corrected chi connectivity index (χ4v) is 3.58. The van der Waals surface area contributed by atoms with Crippen LogP contribution in [0.25, 0.3) is 0 Å². The van der Waals surface area contributed by atoms with E-state index in [-0.39, 0.29) is 17.3 Å². The number of hydrogen-bond donors (Lipinski definition) is 3. The Labute approximate surface area is 191 Å². The van der Waals surface area contributed by atoms with E-state index >= 15 is 0 Å². The van der Waals surface area contributed by atoms with Crippen LogP contribution in [-0.4, -0.2) is 31.1 Å². The van der Waals surface area contributed by atoms with Crippen LogP contribution in [0.5, 0.6) is 5.75 Å². The van der Waals surface area contributed by atoms with E-state index in [1.54, 1.807) is 36.4 Å². The van der Waals surface area contributed by atoms with E-state index < -0.39 is 17.8 Å². The van der Waals surface area contributed by atoms with E-state index in [1.807, 2.05) is 0 Å². The van der Waals surface area contributed by atoms with Crippen LogP contribution in [0.4, 0.5) is 29.3 Å². The van der Waals surface area contributed by atoms with Crippen molar-refractivity contribution >= 4 is 35.1 Å². The summed E-state index contributed by atoms with van der Waals surface area (Å²) in [7, 11) is 2.82. The van der Waals surface area contributed by atoms with Crippen LogP contribution in [0.2, 0.25) is 0 Å². The van der Waals surface area contributed by atoms with Crippen LogP contribution in [0.15, 0.2) is 70.6 Å². The molecule has 0 saturated carbocycles. The largest absolute Gasteiger partial charge is 0.495 e. The van der Waals surface area contributed by atoms with E-state index in [1.165, 1.54) is 32.1 Å². The first-order chi connectivity index (χ1) is 15.7. The number of methoxy groups -OCH3 is 1. The van der Waals surface area contributed by atoms with Crippen LogP contribution in [-0.2, 0) is 6.18 Å². The third-order valence-electron chi connectivity index (χ3n) is 4.31. The van der Waals surface area contributed by atoms with Gasteiger partial charge in [-0.3, -0.25) is 9.78 Å². The normalized spacial score (nSPS) is 10.9. The van der Waals surface area contributed by atoms with Crippen LogP contribution in [0.1, 0.15) is 16.1 Å². The Morgan fingerprint density at radius 2 is 1.70 bits per heavy atom. The molecule has 7 nitrogen and oxygen atoms in total. The highest BCUT2D eigenvalue weighted by atomic mass is 32.2. The van der Waals surface area contributed by atoms with Gasteiger partial charge in [0.2, 0.25) is 0 Å². The molecule has 0 atom stereocenters. The third-order valence-corrected chi connectivity index (χ3v) is 5.31. The molecule has 1 heterocycles. The smallest absolute Gasteiger partial charge is 0.416 e. The van der Waals surface area contributed by atoms with Crippen molar-refractivity contribution in [2.75, 3.05) is 24.8 Å². The number of anilines is 2. The van der Waals surface area contributed by atoms with E-state index in [0.29, 0.717) is 11.4 Å². The van der Waals surface area contributed by atoms with Crippen molar-refractivity contribution in [2.45, 2.75) is 16.0 Å². The number of amides is 3. The lowest BCUT2D eigenvalue weighted by atomic mass is 10.2. The van der Waals surface area contributed by atoms with Crippen molar-refractivity contribution in [3.8, 4) is 5.75 Å². The molecule has 0 aliphatic heterocycles. The number of carbonyl (C=O) groups excluding carboxylic acids is 2. The average Bonchev–Trinajstić information content (AvgIpc) is 2.79. The van der Waals surface area contributed by atoms with Gasteiger partial charge >= 0.3 is 12.2 Å². The van der Waals surface area contributed by atoms with Gasteiger partial charge in [0.1, 0.15) is 11.4 Å². The third kappa shape index (κ3) is 6.39. The number of benzene rings is 2. The first-order valence-electron chi connectivity index (χ1n) is 9.49. The summed E-state index contributed by atoms with van der Waals surface area (Å²) in [4.78, 5) is 29.7. The average molecular weight is 476 g/mol. The van der Waals surface area contributed by atoms with Gasteiger partial charge < -0.3 is 20.7 Å². The number of rotatable bonds is 6. The summed E-state index contributed by atoms with van der Waals surface area (Å²) in [5.74, 6) is -0.196. The van der Waals surface area contributed by atoms with Crippen molar-refractivity contribution in [1.29, 1.82) is 0 Å². The Bertz CT molecular complexity index is 1150. The predicted octanol–water partition coefficient (Wildman–Crippen LogP) is 5.26. The maximum absolute atomic E-state index is 13.0. The summed E-state index contributed by atoms with van der Waals surface area (Å²) in [5, 5.41) is 7.45. The van der Waals surface area contributed by atoms with Crippen molar-refractivity contribution in [3.05, 3.63) is 72.1 Å². The number of hydrogen-bond acceptors (Lipinski definition) is 5. The van der Waals surface area contributed by atoms with E-state index in [4.69, 9.17) is 4.74 Å². The second kappa shape index (κ2) is 10.3. The topological polar surface area (TPSA) is 92.4 Å². The highest BCUT2D eigenvalue weighted by Crippen LogP contribution is 2.35. The minimum Gasteiger partial charge on any atom is -0.495 e. The molecule has 0 aliphatic rings. The molecule has 3 amide bonds. The first kappa shape index (κ1) is 23.9. The van der Waals surface area contributed by atoms with Gasteiger partial charge in [-0.05, 0) is 54.6 Å². The van der Waals surface area contributed by atoms with Gasteiger partial charge in [0.15, 0.2) is 0 Å². The predicted molar refractivity (Wildman–Crippen MR) is 119 cm³/mol. The number of alkyl halides is 3. The summed E-state index contributed by atoms with van der Waals surface area (Å²) < 4.78 is 43.9. The highest BCUT2D eigenvalue weighted by molar-refractivity contribution is 7.99. The van der Waals surface area contributed by atoms with Crippen LogP contribution in [0.3, 0.4) is 0 Å². The number of urea groups is 1. The Hall–Kier alpha value is -3.73. The van der Waals surface area contributed by atoms with Gasteiger partial charge in [-0.1, -0.05) is 11.8 Å². The first-order valence-corrected chi connectivity index (χ1v) is 10.3. The number of halogens is 3. The standard InChI is InChI=1S/C22H19F3N4O3S/c1-26-20(30)18-12-16(9-10-27-18)33-15-6-4-14(5-7-15)28-21(31)29-17-11-13(22(23,24)25)3-8-19(17)32-2/h3-12H,1-2H3,(H,26,30)(H2,28,29,31). The summed E-state index contributed by atoms with van der Waals surface area (Å²) in [6, 6.07) is 12.3. The minimum absolute atomic E-state index is 0.0957. The molecule has 0 saturated heterocycles. The number of pyridine rings is 1. The molecule has 11 heteroatoms. The summed E-state index contributed by atoms with van der Waals surface area (Å²) in [6.07, 6.45) is -3.02. The zero-order valence-corrected chi connectivity index (χ0v) is 18.3. The molecule has 33 heavy (non-hydrogen) atoms. The molecule has 172 valence electrons. The second-order valence-electron chi connectivity index (χ2n) is 6.57. The molecule has 3 rings (SSSR count). The lowest BCUT2D eigenvalue weighted by Crippen LogP contribution is -2.20. The molecule has 0 spiro atoms.